The van der Waals surface area contributed by atoms with Gasteiger partial charge in [-0.25, -0.2) is 4.79 Å². The SMILES string of the molecule is COCCn1cc(NC(=O)NCc2cccc(N3CC=CC3)c2)cn1. The highest BCUT2D eigenvalue weighted by Gasteiger charge is 2.09. The van der Waals surface area contributed by atoms with E-state index in [2.05, 4.69) is 44.9 Å². The maximum atomic E-state index is 12.0. The molecule has 0 aliphatic carbocycles. The first-order valence-corrected chi connectivity index (χ1v) is 8.30. The van der Waals surface area contributed by atoms with Gasteiger partial charge in [-0.05, 0) is 17.7 Å². The van der Waals surface area contributed by atoms with Crippen LogP contribution < -0.4 is 15.5 Å². The van der Waals surface area contributed by atoms with Crippen molar-refractivity contribution in [1.82, 2.24) is 15.1 Å². The van der Waals surface area contributed by atoms with Gasteiger partial charge in [0.15, 0.2) is 0 Å². The molecule has 3 rings (SSSR count). The molecule has 132 valence electrons. The van der Waals surface area contributed by atoms with Crippen LogP contribution in [-0.2, 0) is 17.8 Å². The molecule has 2 aromatic rings. The van der Waals surface area contributed by atoms with Gasteiger partial charge in [0.2, 0.25) is 0 Å². The Bertz CT molecular complexity index is 733. The summed E-state index contributed by atoms with van der Waals surface area (Å²) in [4.78, 5) is 14.3. The molecule has 25 heavy (non-hydrogen) atoms. The Morgan fingerprint density at radius 2 is 2.16 bits per heavy atom. The highest BCUT2D eigenvalue weighted by Crippen LogP contribution is 2.18. The Morgan fingerprint density at radius 3 is 2.96 bits per heavy atom. The second-order valence-electron chi connectivity index (χ2n) is 5.84. The van der Waals surface area contributed by atoms with Crippen molar-refractivity contribution in [2.24, 2.45) is 0 Å². The number of aromatic nitrogens is 2. The Morgan fingerprint density at radius 1 is 1.32 bits per heavy atom. The summed E-state index contributed by atoms with van der Waals surface area (Å²) >= 11 is 0. The average molecular weight is 341 g/mol. The largest absolute Gasteiger partial charge is 0.383 e. The van der Waals surface area contributed by atoms with Gasteiger partial charge in [0.1, 0.15) is 0 Å². The summed E-state index contributed by atoms with van der Waals surface area (Å²) < 4.78 is 6.73. The smallest absolute Gasteiger partial charge is 0.319 e. The van der Waals surface area contributed by atoms with Crippen LogP contribution in [0, 0.1) is 0 Å². The van der Waals surface area contributed by atoms with E-state index in [1.54, 1.807) is 24.2 Å². The lowest BCUT2D eigenvalue weighted by Gasteiger charge is -2.18. The predicted octanol–water partition coefficient (Wildman–Crippen LogP) is 2.23. The minimum Gasteiger partial charge on any atom is -0.383 e. The first-order valence-electron chi connectivity index (χ1n) is 8.30. The number of carbonyl (C=O) groups is 1. The van der Waals surface area contributed by atoms with E-state index in [4.69, 9.17) is 4.74 Å². The van der Waals surface area contributed by atoms with Crippen molar-refractivity contribution in [3.8, 4) is 0 Å². The highest BCUT2D eigenvalue weighted by molar-refractivity contribution is 5.88. The quantitative estimate of drug-likeness (QED) is 0.758. The van der Waals surface area contributed by atoms with Crippen molar-refractivity contribution < 1.29 is 9.53 Å². The first-order chi connectivity index (χ1) is 12.2. The zero-order valence-corrected chi connectivity index (χ0v) is 14.3. The summed E-state index contributed by atoms with van der Waals surface area (Å²) in [5.74, 6) is 0. The molecule has 2 amide bonds. The molecule has 2 heterocycles. The third-order valence-corrected chi connectivity index (χ3v) is 3.96. The molecule has 0 radical (unpaired) electrons. The van der Waals surface area contributed by atoms with E-state index < -0.39 is 0 Å². The van der Waals surface area contributed by atoms with Crippen LogP contribution in [0.4, 0.5) is 16.2 Å². The molecule has 0 fully saturated rings. The number of nitrogens with zero attached hydrogens (tertiary/aromatic N) is 3. The van der Waals surface area contributed by atoms with Crippen molar-refractivity contribution in [3.63, 3.8) is 0 Å². The van der Waals surface area contributed by atoms with Crippen LogP contribution >= 0.6 is 0 Å². The number of urea groups is 1. The molecule has 0 unspecified atom stereocenters. The molecule has 1 aromatic carbocycles. The summed E-state index contributed by atoms with van der Waals surface area (Å²) in [5, 5.41) is 9.82. The fraction of sp³-hybridized carbons (Fsp3) is 0.333. The van der Waals surface area contributed by atoms with Gasteiger partial charge in [-0.2, -0.15) is 5.10 Å². The van der Waals surface area contributed by atoms with Crippen LogP contribution in [0.25, 0.3) is 0 Å². The third-order valence-electron chi connectivity index (χ3n) is 3.96. The molecule has 1 aliphatic heterocycles. The fourth-order valence-electron chi connectivity index (χ4n) is 2.64. The third kappa shape index (κ3) is 4.84. The molecule has 7 nitrogen and oxygen atoms in total. The van der Waals surface area contributed by atoms with E-state index in [0.29, 0.717) is 25.4 Å². The molecule has 0 saturated carbocycles. The number of benzene rings is 1. The summed E-state index contributed by atoms with van der Waals surface area (Å²) in [5.41, 5.74) is 2.89. The average Bonchev–Trinajstić information content (AvgIpc) is 3.30. The molecular formula is C18H23N5O2. The minimum absolute atomic E-state index is 0.250. The Balaban J connectivity index is 1.48. The summed E-state index contributed by atoms with van der Waals surface area (Å²) in [6.45, 7) is 3.57. The normalized spacial score (nSPS) is 13.2. The van der Waals surface area contributed by atoms with Crippen molar-refractivity contribution >= 4 is 17.4 Å². The van der Waals surface area contributed by atoms with Crippen molar-refractivity contribution in [3.05, 3.63) is 54.4 Å². The van der Waals surface area contributed by atoms with Crippen LogP contribution in [0.15, 0.2) is 48.8 Å². The zero-order chi connectivity index (χ0) is 17.5. The number of methoxy groups -OCH3 is 1. The molecule has 0 spiro atoms. The molecule has 0 saturated heterocycles. The number of hydrogen-bond donors (Lipinski definition) is 2. The minimum atomic E-state index is -0.250. The van der Waals surface area contributed by atoms with E-state index in [1.165, 1.54) is 5.69 Å². The number of carbonyl (C=O) groups excluding carboxylic acids is 1. The van der Waals surface area contributed by atoms with Gasteiger partial charge in [0, 0.05) is 38.6 Å². The molecular weight excluding hydrogens is 318 g/mol. The molecule has 0 atom stereocenters. The number of amides is 2. The Labute approximate surface area is 147 Å². The molecule has 1 aliphatic rings. The zero-order valence-electron chi connectivity index (χ0n) is 14.3. The molecule has 0 bridgehead atoms. The van der Waals surface area contributed by atoms with E-state index in [9.17, 15) is 4.79 Å². The number of hydrogen-bond acceptors (Lipinski definition) is 4. The van der Waals surface area contributed by atoms with Crippen LogP contribution in [0.1, 0.15) is 5.56 Å². The van der Waals surface area contributed by atoms with Crippen LogP contribution in [0.3, 0.4) is 0 Å². The van der Waals surface area contributed by atoms with E-state index >= 15 is 0 Å². The lowest BCUT2D eigenvalue weighted by atomic mass is 10.2. The Hall–Kier alpha value is -2.80. The van der Waals surface area contributed by atoms with E-state index in [1.807, 2.05) is 12.1 Å². The maximum Gasteiger partial charge on any atom is 0.319 e. The number of anilines is 2. The second kappa shape index (κ2) is 8.34. The summed E-state index contributed by atoms with van der Waals surface area (Å²) in [6.07, 6.45) is 7.71. The van der Waals surface area contributed by atoms with Crippen LogP contribution in [0.2, 0.25) is 0 Å². The van der Waals surface area contributed by atoms with E-state index in [0.717, 1.165) is 18.7 Å². The summed E-state index contributed by atoms with van der Waals surface area (Å²) in [7, 11) is 1.64. The standard InChI is InChI=1S/C18H23N5O2/c1-25-10-9-23-14-16(13-20-23)21-18(24)19-12-15-5-4-6-17(11-15)22-7-2-3-8-22/h2-6,11,13-14H,7-10,12H2,1H3,(H2,19,21,24). The van der Waals surface area contributed by atoms with Crippen LogP contribution in [-0.4, -0.2) is 42.6 Å². The van der Waals surface area contributed by atoms with Gasteiger partial charge in [0.25, 0.3) is 0 Å². The maximum absolute atomic E-state index is 12.0. The van der Waals surface area contributed by atoms with Gasteiger partial charge in [-0.3, -0.25) is 4.68 Å². The monoisotopic (exact) mass is 341 g/mol. The first kappa shape index (κ1) is 17.0. The lowest BCUT2D eigenvalue weighted by Crippen LogP contribution is -2.28. The lowest BCUT2D eigenvalue weighted by molar-refractivity contribution is 0.183. The fourth-order valence-corrected chi connectivity index (χ4v) is 2.64. The number of nitrogens with one attached hydrogen (secondary N) is 2. The molecule has 7 heteroatoms. The van der Waals surface area contributed by atoms with Gasteiger partial charge in [-0.15, -0.1) is 0 Å². The topological polar surface area (TPSA) is 71.4 Å². The molecule has 2 N–H and O–H groups in total. The van der Waals surface area contributed by atoms with Gasteiger partial charge in [-0.1, -0.05) is 24.3 Å². The number of ether oxygens (including phenoxy) is 1. The van der Waals surface area contributed by atoms with Crippen molar-refractivity contribution in [2.45, 2.75) is 13.1 Å². The van der Waals surface area contributed by atoms with Gasteiger partial charge >= 0.3 is 6.03 Å². The van der Waals surface area contributed by atoms with Gasteiger partial charge in [0.05, 0.1) is 25.0 Å². The van der Waals surface area contributed by atoms with Gasteiger partial charge < -0.3 is 20.3 Å². The second-order valence-corrected chi connectivity index (χ2v) is 5.84. The van der Waals surface area contributed by atoms with Crippen molar-refractivity contribution in [2.75, 3.05) is 37.0 Å². The predicted molar refractivity (Wildman–Crippen MR) is 97.8 cm³/mol. The number of rotatable bonds is 7. The van der Waals surface area contributed by atoms with Crippen molar-refractivity contribution in [1.29, 1.82) is 0 Å². The Kier molecular flexibility index (Phi) is 5.69. The van der Waals surface area contributed by atoms with Crippen LogP contribution in [0.5, 0.6) is 0 Å². The molecule has 1 aromatic heterocycles. The highest BCUT2D eigenvalue weighted by atomic mass is 16.5. The van der Waals surface area contributed by atoms with E-state index in [-0.39, 0.29) is 6.03 Å². The summed E-state index contributed by atoms with van der Waals surface area (Å²) in [6, 6.07) is 7.97.